The van der Waals surface area contributed by atoms with Gasteiger partial charge < -0.3 is 29.3 Å². The van der Waals surface area contributed by atoms with Gasteiger partial charge in [-0.2, -0.15) is 0 Å². The largest absolute Gasteiger partial charge is 0.390 e. The zero-order chi connectivity index (χ0) is 21.9. The van der Waals surface area contributed by atoms with E-state index in [0.717, 1.165) is 57.2 Å². The molecule has 1 spiro atoms. The average Bonchev–Trinajstić information content (AvgIpc) is 2.94. The summed E-state index contributed by atoms with van der Waals surface area (Å²) < 4.78 is 20.1. The van der Waals surface area contributed by atoms with Crippen LogP contribution in [0.5, 0.6) is 0 Å². The summed E-state index contributed by atoms with van der Waals surface area (Å²) in [5.74, 6) is 0.00208. The topological polar surface area (TPSA) is 71.4 Å². The van der Waals surface area contributed by atoms with Crippen LogP contribution in [-0.4, -0.2) is 78.2 Å². The highest BCUT2D eigenvalue weighted by atomic mass is 16.7. The maximum Gasteiger partial charge on any atom is 0.169 e. The third kappa shape index (κ3) is 2.21. The molecular formula is C25H39NO5. The molecule has 1 unspecified atom stereocenters. The molecule has 3 saturated heterocycles. The normalized spacial score (nSPS) is 56.8. The number of aliphatic hydroxyl groups excluding tert-OH is 2. The SMILES string of the molecule is CO[C@]12CC[C@@]3(C)[C@H](CC[C@@H]4[C@]3(O1)[C@@H](O)C[C@@]13CN(C)CCO[C@@]41CC=C3C(C)O)C2. The minimum absolute atomic E-state index is 0.0777. The predicted molar refractivity (Wildman–Crippen MR) is 115 cm³/mol. The van der Waals surface area contributed by atoms with Crippen LogP contribution in [0, 0.1) is 22.7 Å². The molecule has 2 N–H and O–H groups in total. The van der Waals surface area contributed by atoms with Crippen LogP contribution in [0.25, 0.3) is 0 Å². The number of likely N-dealkylation sites (N-methyl/N-ethyl adjacent to an activating group) is 1. The number of ether oxygens (including phenoxy) is 3. The van der Waals surface area contributed by atoms with E-state index >= 15 is 0 Å². The minimum atomic E-state index is -0.656. The highest BCUT2D eigenvalue weighted by molar-refractivity contribution is 5.40. The molecule has 0 aromatic heterocycles. The number of hydrogen-bond acceptors (Lipinski definition) is 6. The zero-order valence-electron chi connectivity index (χ0n) is 19.5. The van der Waals surface area contributed by atoms with Crippen molar-refractivity contribution in [1.29, 1.82) is 0 Å². The maximum atomic E-state index is 12.1. The van der Waals surface area contributed by atoms with E-state index in [0.29, 0.717) is 18.9 Å². The van der Waals surface area contributed by atoms with Crippen molar-refractivity contribution >= 4 is 0 Å². The van der Waals surface area contributed by atoms with Crippen LogP contribution in [0.3, 0.4) is 0 Å². The second-order valence-corrected chi connectivity index (χ2v) is 11.8. The third-order valence-corrected chi connectivity index (χ3v) is 10.8. The Morgan fingerprint density at radius 1 is 1.26 bits per heavy atom. The minimum Gasteiger partial charge on any atom is -0.390 e. The predicted octanol–water partition coefficient (Wildman–Crippen LogP) is 2.48. The smallest absolute Gasteiger partial charge is 0.169 e. The van der Waals surface area contributed by atoms with Crippen molar-refractivity contribution in [2.45, 2.75) is 88.0 Å². The molecule has 6 fully saturated rings. The molecule has 9 atom stereocenters. The lowest BCUT2D eigenvalue weighted by Crippen LogP contribution is -2.83. The third-order valence-electron chi connectivity index (χ3n) is 10.8. The van der Waals surface area contributed by atoms with E-state index in [1.807, 2.05) is 6.92 Å². The molecule has 4 bridgehead atoms. The number of fused-ring (bicyclic) bond motifs is 1. The summed E-state index contributed by atoms with van der Waals surface area (Å²) in [7, 11) is 3.91. The van der Waals surface area contributed by atoms with Crippen molar-refractivity contribution in [2.75, 3.05) is 33.9 Å². The molecule has 4 aliphatic carbocycles. The molecule has 7 aliphatic rings. The molecule has 174 valence electrons. The molecule has 31 heavy (non-hydrogen) atoms. The maximum absolute atomic E-state index is 12.1. The van der Waals surface area contributed by atoms with Crippen LogP contribution in [0.1, 0.15) is 58.8 Å². The van der Waals surface area contributed by atoms with Crippen LogP contribution in [0.4, 0.5) is 0 Å². The van der Waals surface area contributed by atoms with Crippen LogP contribution in [0.2, 0.25) is 0 Å². The number of rotatable bonds is 2. The van der Waals surface area contributed by atoms with Gasteiger partial charge in [0.25, 0.3) is 0 Å². The summed E-state index contributed by atoms with van der Waals surface area (Å²) in [6.45, 7) is 6.60. The summed E-state index contributed by atoms with van der Waals surface area (Å²) in [4.78, 5) is 2.33. The van der Waals surface area contributed by atoms with Gasteiger partial charge in [0, 0.05) is 49.8 Å². The van der Waals surface area contributed by atoms with Gasteiger partial charge in [-0.25, -0.2) is 0 Å². The van der Waals surface area contributed by atoms with Gasteiger partial charge in [-0.05, 0) is 57.6 Å². The summed E-state index contributed by atoms with van der Waals surface area (Å²) in [6.07, 6.45) is 7.45. The molecule has 7 rings (SSSR count). The lowest BCUT2D eigenvalue weighted by Gasteiger charge is -2.76. The van der Waals surface area contributed by atoms with Crippen molar-refractivity contribution in [1.82, 2.24) is 4.90 Å². The van der Waals surface area contributed by atoms with Crippen LogP contribution < -0.4 is 0 Å². The van der Waals surface area contributed by atoms with Crippen LogP contribution in [-0.2, 0) is 14.2 Å². The summed E-state index contributed by atoms with van der Waals surface area (Å²) in [5.41, 5.74) is -0.498. The van der Waals surface area contributed by atoms with E-state index in [1.54, 1.807) is 7.11 Å². The van der Waals surface area contributed by atoms with E-state index in [4.69, 9.17) is 14.2 Å². The standard InChI is InChI=1S/C25H39NO5/c1-16(27)18-7-8-24-19-6-5-17-13-23(29-4)10-9-21(17,2)25(19,31-23)20(28)14-22(18,24)15-26(3)11-12-30-24/h7,16-17,19-20,27-28H,5-6,8-15H2,1-4H3/t16?,17-,19+,20+,21+,22+,23-,24+,25+/m1/s1. The summed E-state index contributed by atoms with van der Waals surface area (Å²) in [6, 6.07) is 0. The average molecular weight is 434 g/mol. The van der Waals surface area contributed by atoms with Gasteiger partial charge in [0.1, 0.15) is 5.60 Å². The highest BCUT2D eigenvalue weighted by Crippen LogP contribution is 2.76. The first-order valence-corrected chi connectivity index (χ1v) is 12.3. The van der Waals surface area contributed by atoms with Gasteiger partial charge in [-0.1, -0.05) is 13.0 Å². The fourth-order valence-electron chi connectivity index (χ4n) is 9.57. The molecule has 0 radical (unpaired) electrons. The lowest BCUT2D eigenvalue weighted by molar-refractivity contribution is -0.451. The van der Waals surface area contributed by atoms with E-state index in [-0.39, 0.29) is 16.7 Å². The summed E-state index contributed by atoms with van der Waals surface area (Å²) >= 11 is 0. The van der Waals surface area contributed by atoms with Crippen molar-refractivity contribution in [2.24, 2.45) is 22.7 Å². The lowest BCUT2D eigenvalue weighted by atomic mass is 9.38. The first-order valence-electron chi connectivity index (χ1n) is 12.3. The van der Waals surface area contributed by atoms with E-state index < -0.39 is 29.2 Å². The van der Waals surface area contributed by atoms with Crippen LogP contribution in [0.15, 0.2) is 11.6 Å². The van der Waals surface area contributed by atoms with Crippen molar-refractivity contribution in [3.63, 3.8) is 0 Å². The second kappa shape index (κ2) is 6.34. The molecule has 0 aromatic rings. The van der Waals surface area contributed by atoms with Gasteiger partial charge >= 0.3 is 0 Å². The number of nitrogens with zero attached hydrogens (tertiary/aromatic N) is 1. The number of methoxy groups -OCH3 is 1. The Labute approximate surface area is 185 Å². The van der Waals surface area contributed by atoms with Gasteiger partial charge in [-0.3, -0.25) is 0 Å². The monoisotopic (exact) mass is 433 g/mol. The Bertz CT molecular complexity index is 816. The van der Waals surface area contributed by atoms with E-state index in [1.165, 1.54) is 0 Å². The number of aliphatic hydroxyl groups is 2. The van der Waals surface area contributed by atoms with Gasteiger partial charge in [0.15, 0.2) is 5.79 Å². The van der Waals surface area contributed by atoms with Crippen molar-refractivity contribution in [3.05, 3.63) is 11.6 Å². The Balaban J connectivity index is 1.56. The van der Waals surface area contributed by atoms with E-state index in [2.05, 4.69) is 24.9 Å². The fraction of sp³-hybridized carbons (Fsp3) is 0.920. The van der Waals surface area contributed by atoms with Gasteiger partial charge in [0.2, 0.25) is 0 Å². The molecule has 3 aliphatic heterocycles. The van der Waals surface area contributed by atoms with Crippen molar-refractivity contribution in [3.8, 4) is 0 Å². The van der Waals surface area contributed by atoms with Gasteiger partial charge in [0.05, 0.1) is 24.4 Å². The first-order chi connectivity index (χ1) is 14.7. The summed E-state index contributed by atoms with van der Waals surface area (Å²) in [5, 5.41) is 22.9. The first kappa shape index (κ1) is 21.1. The molecule has 0 amide bonds. The molecule has 6 heteroatoms. The number of hydrogen-bond donors (Lipinski definition) is 2. The van der Waals surface area contributed by atoms with E-state index in [9.17, 15) is 10.2 Å². The highest BCUT2D eigenvalue weighted by Gasteiger charge is 2.81. The Kier molecular flexibility index (Phi) is 4.30. The Morgan fingerprint density at radius 2 is 2.06 bits per heavy atom. The quantitative estimate of drug-likeness (QED) is 0.652. The molecule has 0 aromatic carbocycles. The zero-order valence-corrected chi connectivity index (χ0v) is 19.5. The molecular weight excluding hydrogens is 394 g/mol. The Morgan fingerprint density at radius 3 is 2.81 bits per heavy atom. The van der Waals surface area contributed by atoms with Crippen LogP contribution >= 0.6 is 0 Å². The molecule has 6 nitrogen and oxygen atoms in total. The fourth-order valence-corrected chi connectivity index (χ4v) is 9.57. The molecule has 3 heterocycles. The second-order valence-electron chi connectivity index (χ2n) is 11.8. The van der Waals surface area contributed by atoms with Crippen molar-refractivity contribution < 1.29 is 24.4 Å². The molecule has 3 saturated carbocycles. The van der Waals surface area contributed by atoms with Gasteiger partial charge in [-0.15, -0.1) is 0 Å². The Hall–Kier alpha value is -0.500.